The first-order valence-corrected chi connectivity index (χ1v) is 9.83. The highest BCUT2D eigenvalue weighted by atomic mass is 16.5. The first-order chi connectivity index (χ1) is 15.2. The average molecular weight is 415 g/mol. The van der Waals surface area contributed by atoms with Crippen LogP contribution in [0.15, 0.2) is 84.1 Å². The molecule has 1 aliphatic rings. The second-order valence-electron chi connectivity index (χ2n) is 6.94. The van der Waals surface area contributed by atoms with Crippen LogP contribution in [-0.4, -0.2) is 41.3 Å². The number of hydrogen-bond donors (Lipinski definition) is 0. The molecule has 7 heteroatoms. The summed E-state index contributed by atoms with van der Waals surface area (Å²) in [4.78, 5) is 29.1. The maximum Gasteiger partial charge on any atom is 0.357 e. The van der Waals surface area contributed by atoms with Crippen LogP contribution in [0.25, 0.3) is 0 Å². The van der Waals surface area contributed by atoms with Crippen molar-refractivity contribution in [2.24, 2.45) is 5.10 Å². The highest BCUT2D eigenvalue weighted by molar-refractivity contribution is 6.03. The lowest BCUT2D eigenvalue weighted by atomic mass is 9.98. The first-order valence-electron chi connectivity index (χ1n) is 9.83. The Bertz CT molecular complexity index is 1080. The van der Waals surface area contributed by atoms with Crippen LogP contribution in [-0.2, 0) is 9.53 Å². The Morgan fingerprint density at radius 1 is 1.00 bits per heavy atom. The topological polar surface area (TPSA) is 81.1 Å². The van der Waals surface area contributed by atoms with Gasteiger partial charge in [-0.2, -0.15) is 5.10 Å². The molecule has 2 heterocycles. The summed E-state index contributed by atoms with van der Waals surface area (Å²) in [5.41, 5.74) is 2.81. The van der Waals surface area contributed by atoms with Gasteiger partial charge in [-0.1, -0.05) is 48.5 Å². The van der Waals surface area contributed by atoms with Crippen molar-refractivity contribution in [1.82, 2.24) is 9.99 Å². The Hall–Kier alpha value is -4.00. The van der Waals surface area contributed by atoms with Gasteiger partial charge < -0.3 is 9.47 Å². The third-order valence-electron chi connectivity index (χ3n) is 4.97. The third-order valence-corrected chi connectivity index (χ3v) is 4.97. The fourth-order valence-corrected chi connectivity index (χ4v) is 3.38. The van der Waals surface area contributed by atoms with Crippen molar-refractivity contribution in [2.45, 2.75) is 12.5 Å². The molecule has 0 saturated carbocycles. The Kier molecular flexibility index (Phi) is 6.03. The van der Waals surface area contributed by atoms with Crippen LogP contribution >= 0.6 is 0 Å². The standard InChI is InChI=1S/C24H21N3O4/c1-30-19-12-10-18(11-13-19)22-15-21(17-7-3-2-4-8-17)26-27(22)23(28)16-31-24(29)20-9-5-6-14-25-20/h2-14,22H,15-16H2,1H3/t22-/m1/s1. The van der Waals surface area contributed by atoms with Crippen molar-refractivity contribution >= 4 is 17.6 Å². The molecule has 1 aromatic heterocycles. The molecular weight excluding hydrogens is 394 g/mol. The number of amides is 1. The lowest BCUT2D eigenvalue weighted by Crippen LogP contribution is -2.31. The van der Waals surface area contributed by atoms with Gasteiger partial charge in [0.1, 0.15) is 11.4 Å². The van der Waals surface area contributed by atoms with E-state index in [4.69, 9.17) is 9.47 Å². The number of carbonyl (C=O) groups is 2. The molecule has 0 aliphatic carbocycles. The molecule has 0 saturated heterocycles. The molecule has 0 unspecified atom stereocenters. The lowest BCUT2D eigenvalue weighted by Gasteiger charge is -2.22. The summed E-state index contributed by atoms with van der Waals surface area (Å²) in [7, 11) is 1.60. The number of aromatic nitrogens is 1. The van der Waals surface area contributed by atoms with Gasteiger partial charge in [-0.15, -0.1) is 0 Å². The van der Waals surface area contributed by atoms with Gasteiger partial charge in [0.15, 0.2) is 6.61 Å². The molecule has 0 spiro atoms. The molecule has 1 atom stereocenters. The van der Waals surface area contributed by atoms with E-state index in [9.17, 15) is 9.59 Å². The van der Waals surface area contributed by atoms with Gasteiger partial charge in [0.05, 0.1) is 18.9 Å². The van der Waals surface area contributed by atoms with E-state index in [1.807, 2.05) is 54.6 Å². The van der Waals surface area contributed by atoms with Crippen LogP contribution in [0.1, 0.15) is 34.1 Å². The van der Waals surface area contributed by atoms with Crippen LogP contribution in [0.5, 0.6) is 5.75 Å². The number of esters is 1. The molecule has 0 N–H and O–H groups in total. The normalized spacial score (nSPS) is 15.3. The third kappa shape index (κ3) is 4.61. The molecule has 7 nitrogen and oxygen atoms in total. The number of methoxy groups -OCH3 is 1. The number of rotatable bonds is 6. The molecule has 1 aliphatic heterocycles. The molecule has 0 fully saturated rings. The first kappa shape index (κ1) is 20.3. The van der Waals surface area contributed by atoms with Gasteiger partial charge in [-0.3, -0.25) is 4.79 Å². The Morgan fingerprint density at radius 2 is 1.74 bits per heavy atom. The van der Waals surface area contributed by atoms with Gasteiger partial charge >= 0.3 is 5.97 Å². The van der Waals surface area contributed by atoms with E-state index in [2.05, 4.69) is 10.1 Å². The van der Waals surface area contributed by atoms with E-state index < -0.39 is 18.5 Å². The zero-order valence-corrected chi connectivity index (χ0v) is 17.0. The highest BCUT2D eigenvalue weighted by Crippen LogP contribution is 2.33. The van der Waals surface area contributed by atoms with E-state index in [1.54, 1.807) is 19.2 Å². The smallest absolute Gasteiger partial charge is 0.357 e. The van der Waals surface area contributed by atoms with Crippen LogP contribution in [0.4, 0.5) is 0 Å². The van der Waals surface area contributed by atoms with Crippen molar-refractivity contribution in [3.8, 4) is 5.75 Å². The second-order valence-corrected chi connectivity index (χ2v) is 6.94. The number of nitrogens with zero attached hydrogens (tertiary/aromatic N) is 3. The molecule has 4 rings (SSSR count). The van der Waals surface area contributed by atoms with Crippen LogP contribution in [0.3, 0.4) is 0 Å². The predicted molar refractivity (Wildman–Crippen MR) is 115 cm³/mol. The average Bonchev–Trinajstić information content (AvgIpc) is 3.29. The molecule has 1 amide bonds. The van der Waals surface area contributed by atoms with Gasteiger partial charge in [0, 0.05) is 12.6 Å². The molecule has 156 valence electrons. The molecule has 3 aromatic rings. The molecule has 0 radical (unpaired) electrons. The van der Waals surface area contributed by atoms with Crippen molar-refractivity contribution in [3.05, 3.63) is 95.8 Å². The van der Waals surface area contributed by atoms with Crippen LogP contribution < -0.4 is 4.74 Å². The Labute approximate surface area is 179 Å². The van der Waals surface area contributed by atoms with Crippen molar-refractivity contribution in [3.63, 3.8) is 0 Å². The van der Waals surface area contributed by atoms with E-state index >= 15 is 0 Å². The number of hydrogen-bond acceptors (Lipinski definition) is 6. The van der Waals surface area contributed by atoms with Crippen LogP contribution in [0, 0.1) is 0 Å². The summed E-state index contributed by atoms with van der Waals surface area (Å²) in [5, 5.41) is 5.97. The maximum absolute atomic E-state index is 13.0. The van der Waals surface area contributed by atoms with E-state index in [0.717, 1.165) is 22.6 Å². The fourth-order valence-electron chi connectivity index (χ4n) is 3.38. The van der Waals surface area contributed by atoms with Gasteiger partial charge in [-0.25, -0.2) is 14.8 Å². The molecular formula is C24H21N3O4. The predicted octanol–water partition coefficient (Wildman–Crippen LogP) is 3.62. The number of ether oxygens (including phenoxy) is 2. The summed E-state index contributed by atoms with van der Waals surface area (Å²) >= 11 is 0. The summed E-state index contributed by atoms with van der Waals surface area (Å²) in [6.07, 6.45) is 2.05. The zero-order chi connectivity index (χ0) is 21.6. The van der Waals surface area contributed by atoms with E-state index in [-0.39, 0.29) is 11.7 Å². The SMILES string of the molecule is COc1ccc([C@H]2CC(c3ccccc3)=NN2C(=O)COC(=O)c2ccccn2)cc1. The number of carbonyl (C=O) groups excluding carboxylic acids is 2. The minimum atomic E-state index is -0.651. The van der Waals surface area contributed by atoms with Crippen molar-refractivity contribution < 1.29 is 19.1 Å². The summed E-state index contributed by atoms with van der Waals surface area (Å²) < 4.78 is 10.4. The zero-order valence-electron chi connectivity index (χ0n) is 17.0. The van der Waals surface area contributed by atoms with Gasteiger partial charge in [0.25, 0.3) is 5.91 Å². The van der Waals surface area contributed by atoms with Crippen LogP contribution in [0.2, 0.25) is 0 Å². The van der Waals surface area contributed by atoms with Gasteiger partial charge in [0.2, 0.25) is 0 Å². The van der Waals surface area contributed by atoms with Crippen molar-refractivity contribution in [1.29, 1.82) is 0 Å². The van der Waals surface area contributed by atoms with Gasteiger partial charge in [-0.05, 0) is 35.4 Å². The molecule has 2 aromatic carbocycles. The fraction of sp³-hybridized carbons (Fsp3) is 0.167. The summed E-state index contributed by atoms with van der Waals surface area (Å²) in [5.74, 6) is -0.328. The number of benzene rings is 2. The maximum atomic E-state index is 13.0. The minimum absolute atomic E-state index is 0.150. The minimum Gasteiger partial charge on any atom is -0.497 e. The number of hydrazone groups is 1. The highest BCUT2D eigenvalue weighted by Gasteiger charge is 2.33. The number of pyridine rings is 1. The molecule has 31 heavy (non-hydrogen) atoms. The largest absolute Gasteiger partial charge is 0.497 e. The lowest BCUT2D eigenvalue weighted by molar-refractivity contribution is -0.136. The summed E-state index contributed by atoms with van der Waals surface area (Å²) in [6.45, 7) is -0.423. The van der Waals surface area contributed by atoms with E-state index in [0.29, 0.717) is 6.42 Å². The van der Waals surface area contributed by atoms with E-state index in [1.165, 1.54) is 17.3 Å². The summed E-state index contributed by atoms with van der Waals surface area (Å²) in [6, 6.07) is 21.8. The quantitative estimate of drug-likeness (QED) is 0.575. The Balaban J connectivity index is 1.54. The Morgan fingerprint density at radius 3 is 2.42 bits per heavy atom. The van der Waals surface area contributed by atoms with Crippen molar-refractivity contribution in [2.75, 3.05) is 13.7 Å². The monoisotopic (exact) mass is 415 g/mol. The molecule has 0 bridgehead atoms. The second kappa shape index (κ2) is 9.21.